The highest BCUT2D eigenvalue weighted by atomic mass is 19.4. The van der Waals surface area contributed by atoms with Crippen LogP contribution < -0.4 is 5.32 Å². The van der Waals surface area contributed by atoms with Gasteiger partial charge in [0.25, 0.3) is 0 Å². The van der Waals surface area contributed by atoms with Crippen molar-refractivity contribution in [3.8, 4) is 0 Å². The zero-order valence-corrected chi connectivity index (χ0v) is 11.2. The molecule has 0 spiro atoms. The lowest BCUT2D eigenvalue weighted by molar-refractivity contribution is -0.184. The molecule has 2 nitrogen and oxygen atoms in total. The van der Waals surface area contributed by atoms with Gasteiger partial charge in [0.15, 0.2) is 0 Å². The van der Waals surface area contributed by atoms with E-state index >= 15 is 0 Å². The molecule has 1 aliphatic carbocycles. The number of rotatable bonds is 2. The molecule has 1 aromatic rings. The van der Waals surface area contributed by atoms with Crippen molar-refractivity contribution in [3.63, 3.8) is 0 Å². The maximum Gasteiger partial charge on any atom is 0.393 e. The van der Waals surface area contributed by atoms with Gasteiger partial charge in [0.05, 0.1) is 17.3 Å². The molecule has 1 fully saturated rings. The largest absolute Gasteiger partial charge is 0.393 e. The van der Waals surface area contributed by atoms with Crippen molar-refractivity contribution in [1.82, 2.24) is 4.98 Å². The second kappa shape index (κ2) is 5.39. The van der Waals surface area contributed by atoms with Crippen LogP contribution in [0.5, 0.6) is 0 Å². The van der Waals surface area contributed by atoms with Gasteiger partial charge >= 0.3 is 6.18 Å². The van der Waals surface area contributed by atoms with Crippen LogP contribution in [-0.4, -0.2) is 17.2 Å². The lowest BCUT2D eigenvalue weighted by Crippen LogP contribution is -2.41. The number of nitrogens with one attached hydrogen (secondary N) is 1. The van der Waals surface area contributed by atoms with Crippen LogP contribution in [0.1, 0.15) is 37.1 Å². The Hall–Kier alpha value is -1.26. The number of pyridine rings is 1. The summed E-state index contributed by atoms with van der Waals surface area (Å²) in [6.45, 7) is 3.69. The Bertz CT molecular complexity index is 443. The summed E-state index contributed by atoms with van der Waals surface area (Å²) in [5.41, 5.74) is 2.34. The maximum absolute atomic E-state index is 13.0. The highest BCUT2D eigenvalue weighted by Gasteiger charge is 2.45. The quantitative estimate of drug-likeness (QED) is 0.871. The molecule has 19 heavy (non-hydrogen) atoms. The van der Waals surface area contributed by atoms with E-state index in [1.807, 2.05) is 26.0 Å². The van der Waals surface area contributed by atoms with E-state index in [9.17, 15) is 13.2 Å². The molecule has 1 heterocycles. The first-order valence-corrected chi connectivity index (χ1v) is 6.65. The Morgan fingerprint density at radius 3 is 2.47 bits per heavy atom. The van der Waals surface area contributed by atoms with E-state index in [1.54, 1.807) is 0 Å². The predicted octanol–water partition coefficient (Wildman–Crippen LogP) is 4.23. The lowest BCUT2D eigenvalue weighted by Gasteiger charge is -2.34. The molecular formula is C14H19F3N2. The molecule has 1 aliphatic rings. The highest BCUT2D eigenvalue weighted by molar-refractivity contribution is 5.48. The van der Waals surface area contributed by atoms with Crippen molar-refractivity contribution >= 4 is 5.69 Å². The van der Waals surface area contributed by atoms with E-state index in [4.69, 9.17) is 0 Å². The summed E-state index contributed by atoms with van der Waals surface area (Å²) in [6.07, 6.45) is -1.82. The van der Waals surface area contributed by atoms with Crippen molar-refractivity contribution in [2.24, 2.45) is 5.92 Å². The fourth-order valence-electron chi connectivity index (χ4n) is 2.73. The Kier molecular flexibility index (Phi) is 4.02. The zero-order valence-electron chi connectivity index (χ0n) is 11.2. The molecule has 0 aromatic carbocycles. The molecule has 106 valence electrons. The van der Waals surface area contributed by atoms with Gasteiger partial charge in [-0.15, -0.1) is 0 Å². The van der Waals surface area contributed by atoms with Crippen molar-refractivity contribution in [1.29, 1.82) is 0 Å². The highest BCUT2D eigenvalue weighted by Crippen LogP contribution is 2.39. The minimum absolute atomic E-state index is 0.222. The van der Waals surface area contributed by atoms with Gasteiger partial charge in [0.1, 0.15) is 0 Å². The first-order chi connectivity index (χ1) is 8.88. The molecule has 1 aromatic heterocycles. The van der Waals surface area contributed by atoms with Crippen LogP contribution in [-0.2, 0) is 0 Å². The van der Waals surface area contributed by atoms with Gasteiger partial charge in [0.2, 0.25) is 0 Å². The number of nitrogens with zero attached hydrogens (tertiary/aromatic N) is 1. The van der Waals surface area contributed by atoms with E-state index < -0.39 is 18.1 Å². The van der Waals surface area contributed by atoms with E-state index in [0.29, 0.717) is 18.5 Å². The molecule has 0 amide bonds. The number of hydrogen-bond donors (Lipinski definition) is 1. The van der Waals surface area contributed by atoms with Gasteiger partial charge in [-0.3, -0.25) is 4.98 Å². The number of aryl methyl sites for hydroxylation is 2. The molecular weight excluding hydrogens is 253 g/mol. The van der Waals surface area contributed by atoms with Crippen molar-refractivity contribution in [3.05, 3.63) is 23.5 Å². The number of hydrogen-bond acceptors (Lipinski definition) is 2. The summed E-state index contributed by atoms with van der Waals surface area (Å²) < 4.78 is 39.0. The fraction of sp³-hybridized carbons (Fsp3) is 0.643. The van der Waals surface area contributed by atoms with Gasteiger partial charge in [-0.05, 0) is 38.8 Å². The standard InChI is InChI=1S/C14H19F3N2/c1-9-7-8-12(10(2)18-9)19-13-6-4-3-5-11(13)14(15,16)17/h7-8,11,13,19H,3-6H2,1-2H3. The third-order valence-corrected chi connectivity index (χ3v) is 3.75. The first kappa shape index (κ1) is 14.2. The van der Waals surface area contributed by atoms with Crippen molar-refractivity contribution < 1.29 is 13.2 Å². The number of halogens is 3. The normalized spacial score (nSPS) is 24.3. The van der Waals surface area contributed by atoms with Gasteiger partial charge in [-0.1, -0.05) is 12.8 Å². The minimum atomic E-state index is -4.12. The first-order valence-electron chi connectivity index (χ1n) is 6.65. The number of alkyl halides is 3. The third-order valence-electron chi connectivity index (χ3n) is 3.75. The number of aromatic nitrogens is 1. The van der Waals surface area contributed by atoms with E-state index in [1.165, 1.54) is 0 Å². The van der Waals surface area contributed by atoms with Crippen molar-refractivity contribution in [2.75, 3.05) is 5.32 Å². The van der Waals surface area contributed by atoms with Gasteiger partial charge in [-0.2, -0.15) is 13.2 Å². The molecule has 0 aliphatic heterocycles. The maximum atomic E-state index is 13.0. The molecule has 2 rings (SSSR count). The molecule has 2 unspecified atom stereocenters. The van der Waals surface area contributed by atoms with E-state index in [0.717, 1.165) is 17.8 Å². The fourth-order valence-corrected chi connectivity index (χ4v) is 2.73. The number of anilines is 1. The topological polar surface area (TPSA) is 24.9 Å². The predicted molar refractivity (Wildman–Crippen MR) is 69.1 cm³/mol. The zero-order chi connectivity index (χ0) is 14.0. The monoisotopic (exact) mass is 272 g/mol. The summed E-state index contributed by atoms with van der Waals surface area (Å²) in [5.74, 6) is -1.25. The summed E-state index contributed by atoms with van der Waals surface area (Å²) in [5, 5.41) is 3.05. The molecule has 2 atom stereocenters. The van der Waals surface area contributed by atoms with Gasteiger partial charge in [0, 0.05) is 11.7 Å². The Morgan fingerprint density at radius 2 is 1.84 bits per heavy atom. The lowest BCUT2D eigenvalue weighted by atomic mass is 9.84. The second-order valence-corrected chi connectivity index (χ2v) is 5.27. The van der Waals surface area contributed by atoms with Gasteiger partial charge in [-0.25, -0.2) is 0 Å². The second-order valence-electron chi connectivity index (χ2n) is 5.27. The average molecular weight is 272 g/mol. The van der Waals surface area contributed by atoms with Crippen LogP contribution in [0.25, 0.3) is 0 Å². The van der Waals surface area contributed by atoms with Crippen LogP contribution in [0.2, 0.25) is 0 Å². The van der Waals surface area contributed by atoms with Crippen LogP contribution in [0.3, 0.4) is 0 Å². The van der Waals surface area contributed by atoms with Crippen molar-refractivity contribution in [2.45, 2.75) is 51.7 Å². The average Bonchev–Trinajstić information content (AvgIpc) is 2.32. The molecule has 0 radical (unpaired) electrons. The van der Waals surface area contributed by atoms with E-state index in [2.05, 4.69) is 10.3 Å². The molecule has 0 bridgehead atoms. The smallest absolute Gasteiger partial charge is 0.380 e. The van der Waals surface area contributed by atoms with E-state index in [-0.39, 0.29) is 6.42 Å². The van der Waals surface area contributed by atoms with Crippen LogP contribution in [0.4, 0.5) is 18.9 Å². The Morgan fingerprint density at radius 1 is 1.16 bits per heavy atom. The minimum Gasteiger partial charge on any atom is -0.380 e. The summed E-state index contributed by atoms with van der Waals surface area (Å²) in [7, 11) is 0. The van der Waals surface area contributed by atoms with Crippen LogP contribution >= 0.6 is 0 Å². The Labute approximate surface area is 111 Å². The molecule has 1 N–H and O–H groups in total. The third kappa shape index (κ3) is 3.39. The molecule has 5 heteroatoms. The summed E-state index contributed by atoms with van der Waals surface area (Å²) in [6, 6.07) is 3.11. The Balaban J connectivity index is 2.15. The summed E-state index contributed by atoms with van der Waals surface area (Å²) in [4.78, 5) is 4.28. The molecule has 1 saturated carbocycles. The van der Waals surface area contributed by atoms with Crippen LogP contribution in [0.15, 0.2) is 12.1 Å². The van der Waals surface area contributed by atoms with Crippen LogP contribution in [0, 0.1) is 19.8 Å². The SMILES string of the molecule is Cc1ccc(NC2CCCCC2C(F)(F)F)c(C)n1. The molecule has 0 saturated heterocycles. The van der Waals surface area contributed by atoms with Gasteiger partial charge < -0.3 is 5.32 Å². The summed E-state index contributed by atoms with van der Waals surface area (Å²) >= 11 is 0.